The number of anilines is 1. The van der Waals surface area contributed by atoms with Crippen LogP contribution in [0.1, 0.15) is 24.1 Å². The van der Waals surface area contributed by atoms with E-state index in [1.54, 1.807) is 12.3 Å². The molecule has 4 rings (SSSR count). The number of hydrogen-bond donors (Lipinski definition) is 1. The molecule has 0 bridgehead atoms. The summed E-state index contributed by atoms with van der Waals surface area (Å²) < 4.78 is 38.9. The van der Waals surface area contributed by atoms with Gasteiger partial charge in [0.05, 0.1) is 5.56 Å². The summed E-state index contributed by atoms with van der Waals surface area (Å²) in [5.41, 5.74) is 1.23. The minimum absolute atomic E-state index is 0.514. The molecule has 0 radical (unpaired) electrons. The van der Waals surface area contributed by atoms with Gasteiger partial charge in [-0.1, -0.05) is 6.07 Å². The number of likely N-dealkylation sites (tertiary alicyclic amines) is 1. The average molecular weight is 393 g/mol. The lowest BCUT2D eigenvalue weighted by molar-refractivity contribution is -0.137. The van der Waals surface area contributed by atoms with Crippen molar-refractivity contribution in [1.29, 1.82) is 0 Å². The van der Waals surface area contributed by atoms with Gasteiger partial charge in [-0.3, -0.25) is 14.9 Å². The number of aromatic amines is 1. The van der Waals surface area contributed by atoms with Crippen molar-refractivity contribution in [2.75, 3.05) is 44.2 Å². The molecule has 0 spiro atoms. The second-order valence-electron chi connectivity index (χ2n) is 7.68. The van der Waals surface area contributed by atoms with Gasteiger partial charge in [0.1, 0.15) is 0 Å². The lowest BCUT2D eigenvalue weighted by Crippen LogP contribution is -2.55. The molecule has 3 heterocycles. The minimum atomic E-state index is -4.29. The zero-order valence-corrected chi connectivity index (χ0v) is 15.8. The first-order valence-corrected chi connectivity index (χ1v) is 9.86. The number of halogens is 3. The molecule has 5 nitrogen and oxygen atoms in total. The third-order valence-electron chi connectivity index (χ3n) is 5.80. The third-order valence-corrected chi connectivity index (χ3v) is 5.80. The maximum absolute atomic E-state index is 13.0. The van der Waals surface area contributed by atoms with Crippen LogP contribution in [-0.4, -0.2) is 65.3 Å². The van der Waals surface area contributed by atoms with Gasteiger partial charge < -0.3 is 4.90 Å². The van der Waals surface area contributed by atoms with Crippen LogP contribution in [-0.2, 0) is 12.7 Å². The number of piperazine rings is 1. The number of nitrogens with one attached hydrogen (secondary N) is 1. The normalized spacial score (nSPS) is 22.5. The minimum Gasteiger partial charge on any atom is -0.369 e. The number of H-pyrrole nitrogens is 1. The van der Waals surface area contributed by atoms with Crippen LogP contribution in [0.15, 0.2) is 36.5 Å². The fourth-order valence-corrected chi connectivity index (χ4v) is 4.31. The van der Waals surface area contributed by atoms with E-state index in [2.05, 4.69) is 24.9 Å². The van der Waals surface area contributed by atoms with Gasteiger partial charge in [0.2, 0.25) is 0 Å². The molecule has 152 valence electrons. The lowest BCUT2D eigenvalue weighted by atomic mass is 10.0. The second-order valence-corrected chi connectivity index (χ2v) is 7.68. The molecule has 28 heavy (non-hydrogen) atoms. The van der Waals surface area contributed by atoms with Crippen LogP contribution >= 0.6 is 0 Å². The quantitative estimate of drug-likeness (QED) is 0.866. The molecule has 8 heteroatoms. The molecule has 0 amide bonds. The van der Waals surface area contributed by atoms with Crippen LogP contribution in [0.5, 0.6) is 0 Å². The van der Waals surface area contributed by atoms with E-state index in [0.717, 1.165) is 57.6 Å². The van der Waals surface area contributed by atoms with Crippen molar-refractivity contribution in [1.82, 2.24) is 20.0 Å². The number of alkyl halides is 3. The molecular weight excluding hydrogens is 367 g/mol. The summed E-state index contributed by atoms with van der Waals surface area (Å²) in [5, 5.41) is 7.04. The molecule has 2 fully saturated rings. The Bertz CT molecular complexity index is 753. The molecule has 2 aromatic rings. The van der Waals surface area contributed by atoms with Crippen molar-refractivity contribution in [3.8, 4) is 0 Å². The molecule has 2 saturated heterocycles. The molecule has 1 aromatic carbocycles. The Morgan fingerprint density at radius 2 is 1.89 bits per heavy atom. The SMILES string of the molecule is FC(F)(F)c1cccc(N2CCN(C3CCCN(Cc4ccn[nH]4)C3)CC2)c1. The fourth-order valence-electron chi connectivity index (χ4n) is 4.31. The van der Waals surface area contributed by atoms with Crippen molar-refractivity contribution in [2.45, 2.75) is 31.6 Å². The van der Waals surface area contributed by atoms with E-state index in [4.69, 9.17) is 0 Å². The second kappa shape index (κ2) is 8.13. The van der Waals surface area contributed by atoms with Crippen LogP contribution in [0.4, 0.5) is 18.9 Å². The summed E-state index contributed by atoms with van der Waals surface area (Å²) in [6.07, 6.45) is -0.155. The van der Waals surface area contributed by atoms with Gasteiger partial charge in [0.15, 0.2) is 0 Å². The Kier molecular flexibility index (Phi) is 5.59. The van der Waals surface area contributed by atoms with E-state index in [1.807, 2.05) is 6.07 Å². The zero-order chi connectivity index (χ0) is 19.6. The van der Waals surface area contributed by atoms with Crippen LogP contribution in [0, 0.1) is 0 Å². The Morgan fingerprint density at radius 1 is 1.07 bits per heavy atom. The summed E-state index contributed by atoms with van der Waals surface area (Å²) in [5.74, 6) is 0. The topological polar surface area (TPSA) is 38.4 Å². The predicted molar refractivity (Wildman–Crippen MR) is 102 cm³/mol. The van der Waals surface area contributed by atoms with Gasteiger partial charge in [-0.2, -0.15) is 18.3 Å². The highest BCUT2D eigenvalue weighted by Gasteiger charge is 2.32. The van der Waals surface area contributed by atoms with Gasteiger partial charge in [0.25, 0.3) is 0 Å². The number of nitrogens with zero attached hydrogens (tertiary/aromatic N) is 4. The van der Waals surface area contributed by atoms with Gasteiger partial charge in [-0.05, 0) is 43.7 Å². The first-order valence-electron chi connectivity index (χ1n) is 9.86. The first-order chi connectivity index (χ1) is 13.5. The van der Waals surface area contributed by atoms with Gasteiger partial charge in [0, 0.05) is 62.9 Å². The highest BCUT2D eigenvalue weighted by Crippen LogP contribution is 2.32. The Morgan fingerprint density at radius 3 is 2.61 bits per heavy atom. The van der Waals surface area contributed by atoms with E-state index in [0.29, 0.717) is 11.7 Å². The molecular formula is C20H26F3N5. The van der Waals surface area contributed by atoms with Crippen LogP contribution < -0.4 is 4.90 Å². The Balaban J connectivity index is 1.32. The average Bonchev–Trinajstić information content (AvgIpc) is 3.21. The van der Waals surface area contributed by atoms with Gasteiger partial charge >= 0.3 is 6.18 Å². The maximum Gasteiger partial charge on any atom is 0.416 e. The highest BCUT2D eigenvalue weighted by molar-refractivity contribution is 5.49. The van der Waals surface area contributed by atoms with E-state index >= 15 is 0 Å². The number of hydrogen-bond acceptors (Lipinski definition) is 4. The summed E-state index contributed by atoms with van der Waals surface area (Å²) in [6.45, 7) is 6.32. The van der Waals surface area contributed by atoms with Gasteiger partial charge in [-0.25, -0.2) is 0 Å². The molecule has 2 aliphatic rings. The number of piperidine rings is 1. The molecule has 1 N–H and O–H groups in total. The highest BCUT2D eigenvalue weighted by atomic mass is 19.4. The molecule has 2 aliphatic heterocycles. The molecule has 0 saturated carbocycles. The molecule has 1 aromatic heterocycles. The van der Waals surface area contributed by atoms with Crippen molar-refractivity contribution < 1.29 is 13.2 Å². The monoisotopic (exact) mass is 393 g/mol. The predicted octanol–water partition coefficient (Wildman–Crippen LogP) is 3.22. The van der Waals surface area contributed by atoms with Crippen LogP contribution in [0.25, 0.3) is 0 Å². The summed E-state index contributed by atoms with van der Waals surface area (Å²) in [4.78, 5) is 7.03. The fraction of sp³-hybridized carbons (Fsp3) is 0.550. The van der Waals surface area contributed by atoms with Crippen molar-refractivity contribution >= 4 is 5.69 Å². The summed E-state index contributed by atoms with van der Waals surface area (Å²) in [7, 11) is 0. The third kappa shape index (κ3) is 4.50. The Hall–Kier alpha value is -2.06. The van der Waals surface area contributed by atoms with Crippen molar-refractivity contribution in [3.05, 3.63) is 47.8 Å². The van der Waals surface area contributed by atoms with Crippen molar-refractivity contribution in [2.24, 2.45) is 0 Å². The summed E-state index contributed by atoms with van der Waals surface area (Å²) >= 11 is 0. The van der Waals surface area contributed by atoms with E-state index in [1.165, 1.54) is 25.0 Å². The molecule has 0 aliphatic carbocycles. The Labute approximate surface area is 163 Å². The van der Waals surface area contributed by atoms with E-state index < -0.39 is 11.7 Å². The lowest BCUT2D eigenvalue weighted by Gasteiger charge is -2.44. The molecule has 1 atom stereocenters. The summed E-state index contributed by atoms with van der Waals surface area (Å²) in [6, 6.07) is 8.20. The van der Waals surface area contributed by atoms with E-state index in [-0.39, 0.29) is 0 Å². The van der Waals surface area contributed by atoms with Gasteiger partial charge in [-0.15, -0.1) is 0 Å². The van der Waals surface area contributed by atoms with E-state index in [9.17, 15) is 13.2 Å². The first kappa shape index (κ1) is 19.3. The zero-order valence-electron chi connectivity index (χ0n) is 15.8. The van der Waals surface area contributed by atoms with Crippen LogP contribution in [0.3, 0.4) is 0 Å². The number of aromatic nitrogens is 2. The maximum atomic E-state index is 13.0. The number of benzene rings is 1. The largest absolute Gasteiger partial charge is 0.416 e. The van der Waals surface area contributed by atoms with Crippen LogP contribution in [0.2, 0.25) is 0 Å². The number of rotatable bonds is 4. The standard InChI is InChI=1S/C20H26F3N5/c21-20(22,23)16-3-1-4-18(13-16)27-9-11-28(12-10-27)19-5-2-8-26(15-19)14-17-6-7-24-25-17/h1,3-4,6-7,13,19H,2,5,8-12,14-15H2,(H,24,25). The molecule has 1 unspecified atom stereocenters. The smallest absolute Gasteiger partial charge is 0.369 e. The van der Waals surface area contributed by atoms with Crippen molar-refractivity contribution in [3.63, 3.8) is 0 Å².